The lowest BCUT2D eigenvalue weighted by Crippen LogP contribution is -2.28. The topological polar surface area (TPSA) is 59.8 Å². The number of amides is 1. The highest BCUT2D eigenvalue weighted by Gasteiger charge is 2.41. The smallest absolute Gasteiger partial charge is 0.352 e. The summed E-state index contributed by atoms with van der Waals surface area (Å²) in [5.74, 6) is -1.03. The zero-order valence-corrected chi connectivity index (χ0v) is 16.1. The fourth-order valence-electron chi connectivity index (χ4n) is 2.72. The Balaban J connectivity index is 1.88. The second-order valence-corrected chi connectivity index (χ2v) is 7.29. The molecule has 3 aromatic rings. The van der Waals surface area contributed by atoms with Crippen LogP contribution in [-0.4, -0.2) is 27.2 Å². The number of nitrogens with one attached hydrogen (secondary N) is 1. The van der Waals surface area contributed by atoms with E-state index in [-0.39, 0.29) is 11.2 Å². The fraction of sp³-hybridized carbons (Fsp3) is 0.278. The summed E-state index contributed by atoms with van der Waals surface area (Å²) in [5.41, 5.74) is -3.14. The van der Waals surface area contributed by atoms with Gasteiger partial charge >= 0.3 is 12.4 Å². The van der Waals surface area contributed by atoms with Crippen LogP contribution >= 0.6 is 11.3 Å². The van der Waals surface area contributed by atoms with Crippen LogP contribution in [0.25, 0.3) is 5.69 Å². The van der Waals surface area contributed by atoms with Crippen molar-refractivity contribution in [3.8, 4) is 5.69 Å². The average Bonchev–Trinajstić information content (AvgIpc) is 3.27. The number of halogens is 6. The quantitative estimate of drug-likeness (QED) is 0.579. The first-order valence-electron chi connectivity index (χ1n) is 8.49. The van der Waals surface area contributed by atoms with Crippen LogP contribution in [0.1, 0.15) is 32.3 Å². The largest absolute Gasteiger partial charge is 0.434 e. The van der Waals surface area contributed by atoms with Gasteiger partial charge in [0.25, 0.3) is 5.91 Å². The van der Waals surface area contributed by atoms with E-state index in [4.69, 9.17) is 0 Å². The zero-order valence-electron chi connectivity index (χ0n) is 15.3. The van der Waals surface area contributed by atoms with E-state index in [1.165, 1.54) is 11.3 Å². The van der Waals surface area contributed by atoms with Gasteiger partial charge in [-0.25, -0.2) is 9.67 Å². The van der Waals surface area contributed by atoms with Crippen molar-refractivity contribution in [3.05, 3.63) is 63.4 Å². The first kappa shape index (κ1) is 21.8. The Kier molecular flexibility index (Phi) is 5.88. The van der Waals surface area contributed by atoms with Crippen LogP contribution in [-0.2, 0) is 18.8 Å². The number of rotatable bonds is 5. The maximum absolute atomic E-state index is 13.6. The standard InChI is InChI=1S/C18H14F6N4OS/c1-10-27-12(9-30-10)5-6-25-16(29)14-8-26-28(15(14)18(22,23)24)13-4-2-3-11(7-13)17(19,20)21/h2-4,7-9H,5-6H2,1H3,(H,25,29). The summed E-state index contributed by atoms with van der Waals surface area (Å²) in [6.07, 6.45) is -8.76. The van der Waals surface area contributed by atoms with Crippen LogP contribution in [0, 0.1) is 6.92 Å². The van der Waals surface area contributed by atoms with Gasteiger partial charge in [-0.05, 0) is 25.1 Å². The minimum atomic E-state index is -5.02. The third kappa shape index (κ3) is 4.81. The second kappa shape index (κ2) is 8.09. The lowest BCUT2D eigenvalue weighted by molar-refractivity contribution is -0.143. The van der Waals surface area contributed by atoms with E-state index >= 15 is 0 Å². The zero-order chi connectivity index (χ0) is 22.1. The molecule has 5 nitrogen and oxygen atoms in total. The van der Waals surface area contributed by atoms with Gasteiger partial charge in [0.15, 0.2) is 5.69 Å². The number of hydrogen-bond acceptors (Lipinski definition) is 4. The van der Waals surface area contributed by atoms with Crippen molar-refractivity contribution < 1.29 is 31.1 Å². The first-order chi connectivity index (χ1) is 14.0. The molecule has 1 aromatic carbocycles. The molecule has 1 amide bonds. The summed E-state index contributed by atoms with van der Waals surface area (Å²) in [6, 6.07) is 3.28. The number of carbonyl (C=O) groups is 1. The van der Waals surface area contributed by atoms with E-state index in [1.54, 1.807) is 12.3 Å². The molecule has 0 saturated carbocycles. The van der Waals surface area contributed by atoms with Gasteiger partial charge in [-0.3, -0.25) is 4.79 Å². The molecule has 30 heavy (non-hydrogen) atoms. The second-order valence-electron chi connectivity index (χ2n) is 6.23. The molecule has 0 aliphatic heterocycles. The van der Waals surface area contributed by atoms with E-state index in [9.17, 15) is 31.1 Å². The van der Waals surface area contributed by atoms with E-state index in [0.29, 0.717) is 24.4 Å². The molecule has 160 valence electrons. The van der Waals surface area contributed by atoms with Crippen molar-refractivity contribution in [2.45, 2.75) is 25.7 Å². The molecule has 3 rings (SSSR count). The van der Waals surface area contributed by atoms with Crippen LogP contribution in [0.5, 0.6) is 0 Å². The molecular formula is C18H14F6N4OS. The van der Waals surface area contributed by atoms with Crippen LogP contribution in [0.15, 0.2) is 35.8 Å². The molecule has 0 aliphatic carbocycles. The minimum Gasteiger partial charge on any atom is -0.352 e. The normalized spacial score (nSPS) is 12.2. The van der Waals surface area contributed by atoms with Crippen molar-refractivity contribution in [3.63, 3.8) is 0 Å². The number of thiazole rings is 1. The molecule has 2 heterocycles. The van der Waals surface area contributed by atoms with Gasteiger partial charge < -0.3 is 5.32 Å². The van der Waals surface area contributed by atoms with Gasteiger partial charge in [-0.15, -0.1) is 11.3 Å². The number of aryl methyl sites for hydroxylation is 1. The molecule has 2 aromatic heterocycles. The lowest BCUT2D eigenvalue weighted by atomic mass is 10.1. The molecule has 0 radical (unpaired) electrons. The average molecular weight is 448 g/mol. The molecule has 0 bridgehead atoms. The number of nitrogens with zero attached hydrogens (tertiary/aromatic N) is 3. The van der Waals surface area contributed by atoms with E-state index < -0.39 is 40.8 Å². The van der Waals surface area contributed by atoms with E-state index in [1.807, 2.05) is 0 Å². The lowest BCUT2D eigenvalue weighted by Gasteiger charge is -2.14. The predicted molar refractivity (Wildman–Crippen MR) is 96.5 cm³/mol. The van der Waals surface area contributed by atoms with Gasteiger partial charge in [0.1, 0.15) is 0 Å². The van der Waals surface area contributed by atoms with Crippen molar-refractivity contribution in [1.82, 2.24) is 20.1 Å². The highest BCUT2D eigenvalue weighted by atomic mass is 32.1. The number of aromatic nitrogens is 3. The van der Waals surface area contributed by atoms with Gasteiger partial charge in [-0.2, -0.15) is 31.4 Å². The Bertz CT molecular complexity index is 1050. The molecule has 1 N–H and O–H groups in total. The summed E-state index contributed by atoms with van der Waals surface area (Å²) in [4.78, 5) is 16.5. The SMILES string of the molecule is Cc1nc(CCNC(=O)c2cnn(-c3cccc(C(F)(F)F)c3)c2C(F)(F)F)cs1. The molecule has 0 aliphatic rings. The minimum absolute atomic E-state index is 0.0358. The van der Waals surface area contributed by atoms with Crippen molar-refractivity contribution >= 4 is 17.2 Å². The summed E-state index contributed by atoms with van der Waals surface area (Å²) in [5, 5.41) is 8.48. The van der Waals surface area contributed by atoms with Gasteiger partial charge in [0, 0.05) is 18.3 Å². The number of benzene rings is 1. The van der Waals surface area contributed by atoms with Crippen molar-refractivity contribution in [2.24, 2.45) is 0 Å². The van der Waals surface area contributed by atoms with Gasteiger partial charge in [0.05, 0.1) is 33.7 Å². The number of carbonyl (C=O) groups excluding carboxylic acids is 1. The van der Waals surface area contributed by atoms with E-state index in [2.05, 4.69) is 15.4 Å². The molecule has 12 heteroatoms. The third-order valence-electron chi connectivity index (χ3n) is 4.03. The Labute approximate surface area is 170 Å². The molecule has 0 fully saturated rings. The molecule has 0 spiro atoms. The Morgan fingerprint density at radius 1 is 1.17 bits per heavy atom. The Hall–Kier alpha value is -2.89. The third-order valence-corrected chi connectivity index (χ3v) is 4.86. The Morgan fingerprint density at radius 3 is 2.50 bits per heavy atom. The van der Waals surface area contributed by atoms with Gasteiger partial charge in [-0.1, -0.05) is 6.07 Å². The van der Waals surface area contributed by atoms with Crippen LogP contribution in [0.2, 0.25) is 0 Å². The van der Waals surface area contributed by atoms with Crippen LogP contribution < -0.4 is 5.32 Å². The maximum Gasteiger partial charge on any atom is 0.434 e. The molecule has 0 atom stereocenters. The monoisotopic (exact) mass is 448 g/mol. The summed E-state index contributed by atoms with van der Waals surface area (Å²) >= 11 is 1.40. The molecular weight excluding hydrogens is 434 g/mol. The fourth-order valence-corrected chi connectivity index (χ4v) is 3.37. The van der Waals surface area contributed by atoms with E-state index in [0.717, 1.165) is 23.2 Å². The summed E-state index contributed by atoms with van der Waals surface area (Å²) in [6.45, 7) is 1.83. The van der Waals surface area contributed by atoms with Crippen molar-refractivity contribution in [2.75, 3.05) is 6.54 Å². The number of alkyl halides is 6. The highest BCUT2D eigenvalue weighted by molar-refractivity contribution is 7.09. The Morgan fingerprint density at radius 2 is 1.90 bits per heavy atom. The van der Waals surface area contributed by atoms with Crippen LogP contribution in [0.4, 0.5) is 26.3 Å². The summed E-state index contributed by atoms with van der Waals surface area (Å²) < 4.78 is 79.9. The number of hydrogen-bond donors (Lipinski definition) is 1. The maximum atomic E-state index is 13.6. The molecule has 0 unspecified atom stereocenters. The van der Waals surface area contributed by atoms with Crippen LogP contribution in [0.3, 0.4) is 0 Å². The predicted octanol–water partition coefficient (Wildman–Crippen LogP) is 4.65. The first-order valence-corrected chi connectivity index (χ1v) is 9.37. The summed E-state index contributed by atoms with van der Waals surface area (Å²) in [7, 11) is 0. The van der Waals surface area contributed by atoms with Gasteiger partial charge in [0.2, 0.25) is 0 Å². The van der Waals surface area contributed by atoms with Crippen molar-refractivity contribution in [1.29, 1.82) is 0 Å². The molecule has 0 saturated heterocycles. The highest BCUT2D eigenvalue weighted by Crippen LogP contribution is 2.35.